The minimum absolute atomic E-state index is 0.289. The number of hydrogen-bond donors (Lipinski definition) is 0. The first-order chi connectivity index (χ1) is 9.56. The van der Waals surface area contributed by atoms with Crippen LogP contribution in [-0.4, -0.2) is 16.1 Å². The Morgan fingerprint density at radius 2 is 2.15 bits per heavy atom. The van der Waals surface area contributed by atoms with Gasteiger partial charge in [-0.3, -0.25) is 9.48 Å². The van der Waals surface area contributed by atoms with Gasteiger partial charge in [-0.1, -0.05) is 23.2 Å². The zero-order valence-electron chi connectivity index (χ0n) is 11.8. The molecule has 0 aliphatic heterocycles. The summed E-state index contributed by atoms with van der Waals surface area (Å²) in [5, 5.41) is 4.95. The van der Waals surface area contributed by atoms with Gasteiger partial charge >= 0.3 is 0 Å². The number of hydrogen-bond acceptors (Lipinski definition) is 3. The number of rotatable bonds is 5. The van der Waals surface area contributed by atoms with E-state index in [0.717, 1.165) is 29.8 Å². The van der Waals surface area contributed by atoms with E-state index in [4.69, 9.17) is 16.3 Å². The molecular formula is C15H17ClN2O2. The molecule has 5 heteroatoms. The second-order valence-electron chi connectivity index (χ2n) is 4.61. The zero-order chi connectivity index (χ0) is 14.7. The van der Waals surface area contributed by atoms with E-state index in [1.54, 1.807) is 12.1 Å². The summed E-state index contributed by atoms with van der Waals surface area (Å²) in [6.45, 7) is 6.80. The van der Waals surface area contributed by atoms with Crippen LogP contribution in [0.2, 0.25) is 5.02 Å². The van der Waals surface area contributed by atoms with Crippen molar-refractivity contribution in [2.45, 2.75) is 33.9 Å². The van der Waals surface area contributed by atoms with Crippen LogP contribution >= 0.6 is 11.6 Å². The summed E-state index contributed by atoms with van der Waals surface area (Å²) in [7, 11) is 0. The smallest absolute Gasteiger partial charge is 0.153 e. The Morgan fingerprint density at radius 1 is 1.40 bits per heavy atom. The molecule has 0 spiro atoms. The van der Waals surface area contributed by atoms with E-state index in [1.165, 1.54) is 0 Å². The molecular weight excluding hydrogens is 276 g/mol. The minimum atomic E-state index is 0.289. The third-order valence-electron chi connectivity index (χ3n) is 3.11. The fraction of sp³-hybridized carbons (Fsp3) is 0.333. The maximum Gasteiger partial charge on any atom is 0.153 e. The van der Waals surface area contributed by atoms with Crippen LogP contribution in [0.15, 0.2) is 18.2 Å². The summed E-state index contributed by atoms with van der Waals surface area (Å²) in [6.07, 6.45) is 0.798. The molecule has 0 aliphatic carbocycles. The van der Waals surface area contributed by atoms with Gasteiger partial charge < -0.3 is 4.74 Å². The topological polar surface area (TPSA) is 44.1 Å². The number of benzene rings is 1. The van der Waals surface area contributed by atoms with Crippen molar-refractivity contribution in [1.29, 1.82) is 0 Å². The fourth-order valence-corrected chi connectivity index (χ4v) is 2.23. The third kappa shape index (κ3) is 2.85. The molecule has 0 saturated carbocycles. The molecule has 1 heterocycles. The number of halogens is 1. The van der Waals surface area contributed by atoms with Gasteiger partial charge in [0.2, 0.25) is 0 Å². The van der Waals surface area contributed by atoms with Crippen LogP contribution in [-0.2, 0) is 13.2 Å². The molecule has 1 aromatic carbocycles. The fourth-order valence-electron chi connectivity index (χ4n) is 2.04. The molecule has 1 aromatic heterocycles. The molecule has 20 heavy (non-hydrogen) atoms. The quantitative estimate of drug-likeness (QED) is 0.791. The monoisotopic (exact) mass is 292 g/mol. The van der Waals surface area contributed by atoms with E-state index in [2.05, 4.69) is 5.10 Å². The van der Waals surface area contributed by atoms with Crippen LogP contribution in [0.4, 0.5) is 0 Å². The summed E-state index contributed by atoms with van der Waals surface area (Å²) < 4.78 is 7.54. The molecule has 0 fully saturated rings. The maximum atomic E-state index is 11.1. The Balaban J connectivity index is 2.23. The van der Waals surface area contributed by atoms with E-state index in [9.17, 15) is 4.79 Å². The lowest BCUT2D eigenvalue weighted by Gasteiger charge is -2.10. The molecule has 0 atom stereocenters. The van der Waals surface area contributed by atoms with E-state index >= 15 is 0 Å². The molecule has 0 saturated heterocycles. The summed E-state index contributed by atoms with van der Waals surface area (Å²) in [6, 6.07) is 5.51. The van der Waals surface area contributed by atoms with Gasteiger partial charge in [-0.15, -0.1) is 0 Å². The van der Waals surface area contributed by atoms with Crippen molar-refractivity contribution in [3.8, 4) is 5.75 Å². The first-order valence-corrected chi connectivity index (χ1v) is 6.85. The van der Waals surface area contributed by atoms with Crippen LogP contribution in [0, 0.1) is 13.8 Å². The van der Waals surface area contributed by atoms with Crippen molar-refractivity contribution in [1.82, 2.24) is 9.78 Å². The van der Waals surface area contributed by atoms with Gasteiger partial charge in [0.15, 0.2) is 6.29 Å². The molecule has 0 bridgehead atoms. The molecule has 2 aromatic rings. The number of nitrogens with zero attached hydrogens (tertiary/aromatic N) is 2. The van der Waals surface area contributed by atoms with Gasteiger partial charge in [-0.25, -0.2) is 0 Å². The lowest BCUT2D eigenvalue weighted by molar-refractivity contribution is 0.111. The predicted molar refractivity (Wildman–Crippen MR) is 78.5 cm³/mol. The average molecular weight is 293 g/mol. The van der Waals surface area contributed by atoms with Gasteiger partial charge in [0, 0.05) is 6.54 Å². The second-order valence-corrected chi connectivity index (χ2v) is 4.99. The van der Waals surface area contributed by atoms with Crippen molar-refractivity contribution in [2.24, 2.45) is 0 Å². The van der Waals surface area contributed by atoms with E-state index in [1.807, 2.05) is 31.5 Å². The van der Waals surface area contributed by atoms with Crippen LogP contribution in [0.25, 0.3) is 0 Å². The Kier molecular flexibility index (Phi) is 4.45. The molecule has 2 rings (SSSR count). The molecule has 0 N–H and O–H groups in total. The number of aryl methyl sites for hydroxylation is 3. The summed E-state index contributed by atoms with van der Waals surface area (Å²) in [5.74, 6) is 0.558. The highest BCUT2D eigenvalue weighted by Crippen LogP contribution is 2.24. The number of carbonyl (C=O) groups excluding carboxylic acids is 1. The predicted octanol–water partition coefficient (Wildman–Crippen LogP) is 3.56. The molecule has 4 nitrogen and oxygen atoms in total. The molecule has 0 aliphatic rings. The third-order valence-corrected chi connectivity index (χ3v) is 3.60. The number of ether oxygens (including phenoxy) is 1. The maximum absolute atomic E-state index is 11.1. The summed E-state index contributed by atoms with van der Waals surface area (Å²) in [5.41, 5.74) is 3.17. The van der Waals surface area contributed by atoms with Crippen molar-refractivity contribution in [2.75, 3.05) is 0 Å². The Labute approximate surface area is 123 Å². The normalized spacial score (nSPS) is 10.6. The molecule has 0 amide bonds. The van der Waals surface area contributed by atoms with Gasteiger partial charge in [0.25, 0.3) is 0 Å². The standard InChI is InChI=1S/C15H17ClN2O2/c1-4-18-13(15(16)11(3)17-18)9-20-14-6-5-10(2)7-12(14)8-19/h5-8H,4,9H2,1-3H3. The van der Waals surface area contributed by atoms with Gasteiger partial charge in [0.1, 0.15) is 12.4 Å². The van der Waals surface area contributed by atoms with E-state index < -0.39 is 0 Å². The lowest BCUT2D eigenvalue weighted by atomic mass is 10.1. The van der Waals surface area contributed by atoms with Crippen LogP contribution in [0.1, 0.15) is 34.2 Å². The Bertz CT molecular complexity index is 635. The Morgan fingerprint density at radius 3 is 2.80 bits per heavy atom. The first-order valence-electron chi connectivity index (χ1n) is 6.47. The molecule has 106 valence electrons. The number of aromatic nitrogens is 2. The van der Waals surface area contributed by atoms with Crippen molar-refractivity contribution in [3.63, 3.8) is 0 Å². The largest absolute Gasteiger partial charge is 0.487 e. The van der Waals surface area contributed by atoms with Crippen molar-refractivity contribution < 1.29 is 9.53 Å². The summed E-state index contributed by atoms with van der Waals surface area (Å²) in [4.78, 5) is 11.1. The van der Waals surface area contributed by atoms with Crippen molar-refractivity contribution in [3.05, 3.63) is 45.7 Å². The zero-order valence-corrected chi connectivity index (χ0v) is 12.6. The highest BCUT2D eigenvalue weighted by atomic mass is 35.5. The van der Waals surface area contributed by atoms with E-state index in [-0.39, 0.29) is 6.61 Å². The van der Waals surface area contributed by atoms with Crippen LogP contribution in [0.5, 0.6) is 5.75 Å². The lowest BCUT2D eigenvalue weighted by Crippen LogP contribution is -2.07. The van der Waals surface area contributed by atoms with Gasteiger partial charge in [-0.05, 0) is 32.9 Å². The summed E-state index contributed by atoms with van der Waals surface area (Å²) >= 11 is 6.22. The Hall–Kier alpha value is -1.81. The SMILES string of the molecule is CCn1nc(C)c(Cl)c1COc1ccc(C)cc1C=O. The second kappa shape index (κ2) is 6.09. The number of aldehydes is 1. The first kappa shape index (κ1) is 14.6. The minimum Gasteiger partial charge on any atom is -0.487 e. The van der Waals surface area contributed by atoms with Crippen LogP contribution < -0.4 is 4.74 Å². The molecule has 0 radical (unpaired) electrons. The van der Waals surface area contributed by atoms with E-state index in [0.29, 0.717) is 16.3 Å². The number of carbonyl (C=O) groups is 1. The van der Waals surface area contributed by atoms with Crippen LogP contribution in [0.3, 0.4) is 0 Å². The van der Waals surface area contributed by atoms with Crippen molar-refractivity contribution >= 4 is 17.9 Å². The molecule has 0 unspecified atom stereocenters. The highest BCUT2D eigenvalue weighted by molar-refractivity contribution is 6.31. The highest BCUT2D eigenvalue weighted by Gasteiger charge is 2.13. The van der Waals surface area contributed by atoms with Gasteiger partial charge in [0.05, 0.1) is 22.0 Å². The van der Waals surface area contributed by atoms with Gasteiger partial charge in [-0.2, -0.15) is 5.10 Å². The average Bonchev–Trinajstić information content (AvgIpc) is 2.72.